The first-order chi connectivity index (χ1) is 35.0. The number of aliphatic hydroxyl groups is 2. The number of carbonyl (C=O) groups excluding carboxylic acids is 5. The molecular formula is C43H68N10O20. The van der Waals surface area contributed by atoms with E-state index in [2.05, 4.69) is 4.74 Å². The van der Waals surface area contributed by atoms with Gasteiger partial charge in [0.1, 0.15) is 53.2 Å². The Morgan fingerprint density at radius 1 is 0.479 bits per heavy atom. The number of urea groups is 2. The number of esters is 3. The summed E-state index contributed by atoms with van der Waals surface area (Å²) < 4.78 is 40.4. The monoisotopic (exact) mass is 1040 g/mol. The molecule has 4 rings (SSSR count). The minimum atomic E-state index is -1.47. The van der Waals surface area contributed by atoms with E-state index in [9.17, 15) is 63.0 Å². The van der Waals surface area contributed by atoms with Crippen molar-refractivity contribution < 1.29 is 67.3 Å². The van der Waals surface area contributed by atoms with Crippen LogP contribution in [0.4, 0.5) is 9.59 Å². The molecule has 2 aromatic rings. The maximum atomic E-state index is 14.1. The van der Waals surface area contributed by atoms with E-state index in [1.165, 1.54) is 26.5 Å². The minimum Gasteiger partial charge on any atom is -0.468 e. The molecule has 2 aliphatic heterocycles. The van der Waals surface area contributed by atoms with Gasteiger partial charge in [0, 0.05) is 32.3 Å². The second kappa shape index (κ2) is 29.3. The van der Waals surface area contributed by atoms with E-state index in [0.717, 1.165) is 45.6 Å². The Morgan fingerprint density at radius 3 is 1.19 bits per heavy atom. The number of unbranched alkanes of at least 4 members (excludes halogenated alkanes) is 3. The van der Waals surface area contributed by atoms with Crippen LogP contribution in [0, 0.1) is 5.92 Å². The number of aromatic nitrogens is 6. The second-order valence-electron chi connectivity index (χ2n) is 16.9. The van der Waals surface area contributed by atoms with Crippen molar-refractivity contribution in [1.29, 1.82) is 0 Å². The van der Waals surface area contributed by atoms with Crippen LogP contribution in [0.2, 0.25) is 0 Å². The molecule has 3 atom stereocenters. The molecule has 0 saturated carbocycles. The molecule has 2 saturated heterocycles. The van der Waals surface area contributed by atoms with Crippen molar-refractivity contribution in [3.8, 4) is 0 Å². The highest BCUT2D eigenvalue weighted by Gasteiger charge is 2.59. The summed E-state index contributed by atoms with van der Waals surface area (Å²) in [5, 5.41) is 18.9. The van der Waals surface area contributed by atoms with Gasteiger partial charge in [-0.25, -0.2) is 65.8 Å². The van der Waals surface area contributed by atoms with Crippen LogP contribution in [0.15, 0.2) is 28.8 Å². The summed E-state index contributed by atoms with van der Waals surface area (Å²) >= 11 is 0. The van der Waals surface area contributed by atoms with Crippen molar-refractivity contribution in [2.24, 2.45) is 5.92 Å². The van der Waals surface area contributed by atoms with Gasteiger partial charge in [0.05, 0.1) is 46.6 Å². The largest absolute Gasteiger partial charge is 0.468 e. The predicted molar refractivity (Wildman–Crippen MR) is 249 cm³/mol. The zero-order chi connectivity index (χ0) is 53.8. The number of hydrogen-bond acceptors (Lipinski definition) is 20. The van der Waals surface area contributed by atoms with Gasteiger partial charge in [0.15, 0.2) is 12.3 Å². The standard InChI is InChI=1S/C43H68N10O20/c1-6-9-16-68-26-50-34-35(52(42(50)65)28-70-18-11-8-3)53(43(66)51(34)27-69-17-10-7-2)29-71-19-13-45-36(59)44(12-15-54)37(60)46(38(45)61)14-20-72-32(57)22-48-39(62)47(21-31(56)67-5)40(63)49(41(48)64)23-33(58)73-25-30(4)24-55/h30,34-35,54-55H,6-29H2,1-5H3. The minimum absolute atomic E-state index is 0.126. The highest BCUT2D eigenvalue weighted by Crippen LogP contribution is 2.35. The Balaban J connectivity index is 1.54. The number of hydrogen-bond donors (Lipinski definition) is 2. The van der Waals surface area contributed by atoms with Gasteiger partial charge in [-0.05, 0) is 19.3 Å². The quantitative estimate of drug-likeness (QED) is 0.0393. The Morgan fingerprint density at radius 2 is 0.822 bits per heavy atom. The van der Waals surface area contributed by atoms with E-state index in [0.29, 0.717) is 33.5 Å². The molecule has 0 bridgehead atoms. The van der Waals surface area contributed by atoms with Crippen molar-refractivity contribution in [2.45, 2.75) is 118 Å². The first-order valence-electron chi connectivity index (χ1n) is 24.0. The van der Waals surface area contributed by atoms with Gasteiger partial charge in [-0.1, -0.05) is 47.0 Å². The Hall–Kier alpha value is -6.47. The zero-order valence-corrected chi connectivity index (χ0v) is 41.9. The molecule has 2 fully saturated rings. The second-order valence-corrected chi connectivity index (χ2v) is 16.9. The van der Waals surface area contributed by atoms with Crippen molar-refractivity contribution in [3.63, 3.8) is 0 Å². The summed E-state index contributed by atoms with van der Waals surface area (Å²) in [6, 6.07) is -1.01. The van der Waals surface area contributed by atoms with Gasteiger partial charge >= 0.3 is 64.1 Å². The number of methoxy groups -OCH3 is 1. The van der Waals surface area contributed by atoms with E-state index >= 15 is 0 Å². The third-order valence-electron chi connectivity index (χ3n) is 11.4. The maximum Gasteiger partial charge on any atom is 0.337 e. The molecule has 0 radical (unpaired) electrons. The molecule has 4 heterocycles. The van der Waals surface area contributed by atoms with Crippen molar-refractivity contribution in [2.75, 3.05) is 86.9 Å². The van der Waals surface area contributed by atoms with Gasteiger partial charge < -0.3 is 43.4 Å². The van der Waals surface area contributed by atoms with Gasteiger partial charge in [0.25, 0.3) is 0 Å². The molecule has 0 aliphatic carbocycles. The lowest BCUT2D eigenvalue weighted by atomic mass is 10.2. The van der Waals surface area contributed by atoms with Gasteiger partial charge in [-0.3, -0.25) is 34.0 Å². The fraction of sp³-hybridized carbons (Fsp3) is 0.744. The van der Waals surface area contributed by atoms with Crippen LogP contribution in [0.25, 0.3) is 0 Å². The number of fused-ring (bicyclic) bond motifs is 1. The molecule has 30 nitrogen and oxygen atoms in total. The summed E-state index contributed by atoms with van der Waals surface area (Å²) in [5.41, 5.74) is -7.87. The fourth-order valence-corrected chi connectivity index (χ4v) is 7.36. The smallest absolute Gasteiger partial charge is 0.337 e. The van der Waals surface area contributed by atoms with Crippen molar-refractivity contribution in [3.05, 3.63) is 62.9 Å². The lowest BCUT2D eigenvalue weighted by Crippen LogP contribution is -2.56. The molecule has 30 heteroatoms. The van der Waals surface area contributed by atoms with Gasteiger partial charge in [0.2, 0.25) is 0 Å². The highest BCUT2D eigenvalue weighted by atomic mass is 16.5. The number of ether oxygens (including phenoxy) is 7. The average molecular weight is 1050 g/mol. The maximum absolute atomic E-state index is 14.1. The summed E-state index contributed by atoms with van der Waals surface area (Å²) in [6.45, 7) is 0.0400. The highest BCUT2D eigenvalue weighted by molar-refractivity contribution is 5.85. The van der Waals surface area contributed by atoms with Crippen LogP contribution in [0.5, 0.6) is 0 Å². The van der Waals surface area contributed by atoms with E-state index in [4.69, 9.17) is 28.4 Å². The number of carbonyl (C=O) groups is 5. The number of rotatable bonds is 34. The van der Waals surface area contributed by atoms with Gasteiger partial charge in [-0.15, -0.1) is 0 Å². The SMILES string of the molecule is CCCCOCN1C(=O)N(COCCCC)C2C1N(COCCCC)C(=O)N2COCCn1c(=O)n(CCO)c(=O)n(CCOC(=O)Cn2c(=O)n(CC(=O)OC)c(=O)n(CC(=O)OCC(C)CO)c2=O)c1=O. The third kappa shape index (κ3) is 15.1. The number of nitrogens with zero attached hydrogens (tertiary/aromatic N) is 10. The predicted octanol–water partition coefficient (Wildman–Crippen LogP) is -3.34. The Bertz CT molecular complexity index is 2560. The molecule has 2 aliphatic rings. The van der Waals surface area contributed by atoms with E-state index in [-0.39, 0.29) is 47.1 Å². The summed E-state index contributed by atoms with van der Waals surface area (Å²) in [6.07, 6.45) is 2.91. The third-order valence-corrected chi connectivity index (χ3v) is 11.4. The number of amides is 4. The first-order valence-corrected chi connectivity index (χ1v) is 24.0. The average Bonchev–Trinajstić information content (AvgIpc) is 3.79. The molecule has 4 amide bonds. The normalized spacial score (nSPS) is 15.9. The zero-order valence-electron chi connectivity index (χ0n) is 41.9. The van der Waals surface area contributed by atoms with Crippen LogP contribution in [0.3, 0.4) is 0 Å². The van der Waals surface area contributed by atoms with Crippen LogP contribution >= 0.6 is 0 Å². The summed E-state index contributed by atoms with van der Waals surface area (Å²) in [7, 11) is 0.953. The lowest BCUT2D eigenvalue weighted by Gasteiger charge is -2.29. The molecule has 410 valence electrons. The molecule has 2 N–H and O–H groups in total. The van der Waals surface area contributed by atoms with Gasteiger partial charge in [-0.2, -0.15) is 0 Å². The Kier molecular flexibility index (Phi) is 23.7. The van der Waals surface area contributed by atoms with Crippen LogP contribution in [-0.4, -0.2) is 186 Å². The first kappa shape index (κ1) is 59.1. The van der Waals surface area contributed by atoms with Crippen molar-refractivity contribution >= 4 is 30.0 Å². The van der Waals surface area contributed by atoms with Crippen LogP contribution in [0.1, 0.15) is 66.2 Å². The fourth-order valence-electron chi connectivity index (χ4n) is 7.36. The Labute approximate surface area is 417 Å². The molecule has 73 heavy (non-hydrogen) atoms. The van der Waals surface area contributed by atoms with Crippen molar-refractivity contribution in [1.82, 2.24) is 47.0 Å². The van der Waals surface area contributed by atoms with Crippen LogP contribution in [-0.2, 0) is 86.8 Å². The molecule has 3 unspecified atom stereocenters. The molecule has 0 aromatic carbocycles. The lowest BCUT2D eigenvalue weighted by molar-refractivity contribution is -0.146. The summed E-state index contributed by atoms with van der Waals surface area (Å²) in [4.78, 5) is 152. The molecule has 0 spiro atoms. The molecule has 2 aromatic heterocycles. The molecular weight excluding hydrogens is 977 g/mol. The number of aliphatic hydroxyl groups excluding tert-OH is 2. The van der Waals surface area contributed by atoms with E-state index in [1.54, 1.807) is 0 Å². The van der Waals surface area contributed by atoms with E-state index in [1.807, 2.05) is 20.8 Å². The topological polar surface area (TPSA) is 335 Å². The van der Waals surface area contributed by atoms with Crippen LogP contribution < -0.4 is 34.1 Å². The summed E-state index contributed by atoms with van der Waals surface area (Å²) in [5.74, 6) is -4.07. The van der Waals surface area contributed by atoms with E-state index < -0.39 is 148 Å².